The van der Waals surface area contributed by atoms with Crippen molar-refractivity contribution in [1.82, 2.24) is 30.0 Å². The van der Waals surface area contributed by atoms with Crippen molar-refractivity contribution >= 4 is 16.9 Å². The zero-order valence-corrected chi connectivity index (χ0v) is 18.4. The molecule has 0 aliphatic carbocycles. The summed E-state index contributed by atoms with van der Waals surface area (Å²) in [6, 6.07) is 19.5. The second-order valence-corrected chi connectivity index (χ2v) is 7.91. The lowest BCUT2D eigenvalue weighted by molar-refractivity contribution is -0.120. The number of hydrogen-bond donors (Lipinski definition) is 1. The number of nitrogens with one attached hydrogen (secondary N) is 1. The van der Waals surface area contributed by atoms with Gasteiger partial charge in [-0.05, 0) is 55.0 Å². The molecule has 0 radical (unpaired) electrons. The van der Waals surface area contributed by atoms with Crippen molar-refractivity contribution in [1.29, 1.82) is 0 Å². The number of fused-ring (bicyclic) bond motifs is 1. The van der Waals surface area contributed by atoms with Crippen molar-refractivity contribution < 1.29 is 9.18 Å². The van der Waals surface area contributed by atoms with Crippen LogP contribution in [0.25, 0.3) is 28.1 Å². The highest BCUT2D eigenvalue weighted by molar-refractivity contribution is 5.82. The van der Waals surface area contributed by atoms with Gasteiger partial charge >= 0.3 is 0 Å². The monoisotopic (exact) mass is 452 g/mol. The van der Waals surface area contributed by atoms with E-state index in [0.29, 0.717) is 18.1 Å². The molecule has 1 amide bonds. The number of aryl methyl sites for hydroxylation is 1. The Labute approximate surface area is 195 Å². The van der Waals surface area contributed by atoms with Crippen molar-refractivity contribution in [3.63, 3.8) is 0 Å². The normalized spacial score (nSPS) is 11.0. The maximum absolute atomic E-state index is 13.1. The first-order valence-electron chi connectivity index (χ1n) is 10.8. The number of aromatic nitrogens is 5. The number of rotatable bonds is 6. The lowest BCUT2D eigenvalue weighted by atomic mass is 10.1. The zero-order chi connectivity index (χ0) is 23.5. The first-order chi connectivity index (χ1) is 16.5. The van der Waals surface area contributed by atoms with Crippen LogP contribution in [0.3, 0.4) is 0 Å². The summed E-state index contributed by atoms with van der Waals surface area (Å²) < 4.78 is 14.8. The molecule has 3 aromatic heterocycles. The number of benzene rings is 2. The van der Waals surface area contributed by atoms with E-state index >= 15 is 0 Å². The number of carbonyl (C=O) groups is 1. The Morgan fingerprint density at radius 2 is 1.76 bits per heavy atom. The average molecular weight is 452 g/mol. The molecule has 0 aliphatic heterocycles. The smallest absolute Gasteiger partial charge is 0.226 e. The molecule has 1 N–H and O–H groups in total. The van der Waals surface area contributed by atoms with Gasteiger partial charge < -0.3 is 5.32 Å². The lowest BCUT2D eigenvalue weighted by Crippen LogP contribution is -2.24. The van der Waals surface area contributed by atoms with Crippen LogP contribution in [0, 0.1) is 12.7 Å². The molecule has 0 saturated heterocycles. The van der Waals surface area contributed by atoms with E-state index in [-0.39, 0.29) is 18.1 Å². The highest BCUT2D eigenvalue weighted by Gasteiger charge is 2.16. The quantitative estimate of drug-likeness (QED) is 0.418. The largest absolute Gasteiger partial charge is 0.352 e. The molecule has 0 saturated carbocycles. The van der Waals surface area contributed by atoms with Crippen LogP contribution in [0.2, 0.25) is 0 Å². The number of halogens is 1. The minimum absolute atomic E-state index is 0.0976. The minimum Gasteiger partial charge on any atom is -0.352 e. The van der Waals surface area contributed by atoms with Gasteiger partial charge in [-0.15, -0.1) is 0 Å². The molecule has 3 heterocycles. The molecule has 5 rings (SSSR count). The average Bonchev–Trinajstić information content (AvgIpc) is 3.27. The van der Waals surface area contributed by atoms with E-state index in [1.165, 1.54) is 12.1 Å². The fraction of sp³-hybridized carbons (Fsp3) is 0.115. The van der Waals surface area contributed by atoms with Crippen molar-refractivity contribution in [3.8, 4) is 17.1 Å². The fourth-order valence-electron chi connectivity index (χ4n) is 3.70. The molecular weight excluding hydrogens is 431 g/mol. The summed E-state index contributed by atoms with van der Waals surface area (Å²) in [5, 5.41) is 7.56. The van der Waals surface area contributed by atoms with Gasteiger partial charge in [0, 0.05) is 30.2 Å². The van der Waals surface area contributed by atoms with Crippen LogP contribution in [-0.2, 0) is 17.8 Å². The summed E-state index contributed by atoms with van der Waals surface area (Å²) >= 11 is 0. The third kappa shape index (κ3) is 4.66. The Morgan fingerprint density at radius 1 is 0.971 bits per heavy atom. The van der Waals surface area contributed by atoms with E-state index in [9.17, 15) is 9.18 Å². The number of hydrogen-bond acceptors (Lipinski definition) is 5. The topological polar surface area (TPSA) is 85.6 Å². The predicted molar refractivity (Wildman–Crippen MR) is 127 cm³/mol. The fourth-order valence-corrected chi connectivity index (χ4v) is 3.70. The van der Waals surface area contributed by atoms with Gasteiger partial charge in [0.05, 0.1) is 28.8 Å². The van der Waals surface area contributed by atoms with Crippen molar-refractivity contribution in [2.45, 2.75) is 19.9 Å². The highest BCUT2D eigenvalue weighted by atomic mass is 19.1. The summed E-state index contributed by atoms with van der Waals surface area (Å²) in [5.41, 5.74) is 5.54. The molecule has 0 atom stereocenters. The molecule has 0 fully saturated rings. The third-order valence-electron chi connectivity index (χ3n) is 5.36. The van der Waals surface area contributed by atoms with E-state index < -0.39 is 0 Å². The lowest BCUT2D eigenvalue weighted by Gasteiger charge is -2.08. The maximum Gasteiger partial charge on any atom is 0.226 e. The van der Waals surface area contributed by atoms with Gasteiger partial charge in [0.1, 0.15) is 5.82 Å². The number of nitrogens with zero attached hydrogens (tertiary/aromatic N) is 5. The second-order valence-electron chi connectivity index (χ2n) is 7.91. The summed E-state index contributed by atoms with van der Waals surface area (Å²) in [6.45, 7) is 2.23. The standard InChI is InChI=1S/C26H21FN6O/c1-17-3-2-4-25(31-17)33-24(19-7-10-22-23(13-19)29-12-11-28-22)14-21(32-33)15-26(34)30-16-18-5-8-20(27)9-6-18/h2-14H,15-16H2,1H3,(H,30,34). The van der Waals surface area contributed by atoms with Crippen LogP contribution in [-0.4, -0.2) is 30.6 Å². The molecule has 2 aromatic carbocycles. The Morgan fingerprint density at radius 3 is 2.56 bits per heavy atom. The molecule has 0 aliphatic rings. The minimum atomic E-state index is -0.308. The zero-order valence-electron chi connectivity index (χ0n) is 18.4. The molecule has 0 unspecified atom stereocenters. The van der Waals surface area contributed by atoms with Gasteiger partial charge in [-0.2, -0.15) is 5.10 Å². The Bertz CT molecular complexity index is 1480. The molecule has 0 bridgehead atoms. The van der Waals surface area contributed by atoms with Gasteiger partial charge in [0.2, 0.25) is 5.91 Å². The number of pyridine rings is 1. The van der Waals surface area contributed by atoms with Crippen LogP contribution >= 0.6 is 0 Å². The molecule has 7 nitrogen and oxygen atoms in total. The van der Waals surface area contributed by atoms with Gasteiger partial charge in [-0.25, -0.2) is 14.1 Å². The van der Waals surface area contributed by atoms with Crippen LogP contribution in [0.4, 0.5) is 4.39 Å². The Kier molecular flexibility index (Phi) is 5.78. The van der Waals surface area contributed by atoms with E-state index in [1.54, 1.807) is 29.2 Å². The van der Waals surface area contributed by atoms with Gasteiger partial charge in [0.15, 0.2) is 5.82 Å². The molecule has 34 heavy (non-hydrogen) atoms. The van der Waals surface area contributed by atoms with Gasteiger partial charge in [-0.1, -0.05) is 24.3 Å². The molecule has 8 heteroatoms. The Balaban J connectivity index is 1.45. The van der Waals surface area contributed by atoms with Crippen LogP contribution < -0.4 is 5.32 Å². The van der Waals surface area contributed by atoms with Crippen LogP contribution in [0.15, 0.2) is 79.1 Å². The Hall–Kier alpha value is -4.46. The maximum atomic E-state index is 13.1. The predicted octanol–water partition coefficient (Wildman–Crippen LogP) is 4.18. The summed E-state index contributed by atoms with van der Waals surface area (Å²) in [5.74, 6) is 0.173. The molecule has 168 valence electrons. The number of amides is 1. The van der Waals surface area contributed by atoms with E-state index in [4.69, 9.17) is 5.10 Å². The number of carbonyl (C=O) groups excluding carboxylic acids is 1. The third-order valence-corrected chi connectivity index (χ3v) is 5.36. The van der Waals surface area contributed by atoms with E-state index in [2.05, 4.69) is 20.3 Å². The summed E-state index contributed by atoms with van der Waals surface area (Å²) in [7, 11) is 0. The van der Waals surface area contributed by atoms with E-state index in [1.807, 2.05) is 49.4 Å². The second kappa shape index (κ2) is 9.19. The van der Waals surface area contributed by atoms with Gasteiger partial charge in [-0.3, -0.25) is 14.8 Å². The molecule has 5 aromatic rings. The van der Waals surface area contributed by atoms with Gasteiger partial charge in [0.25, 0.3) is 0 Å². The molecule has 0 spiro atoms. The van der Waals surface area contributed by atoms with Crippen LogP contribution in [0.5, 0.6) is 0 Å². The SMILES string of the molecule is Cc1cccc(-n2nc(CC(=O)NCc3ccc(F)cc3)cc2-c2ccc3nccnc3c2)n1. The van der Waals surface area contributed by atoms with Crippen molar-refractivity contribution in [2.24, 2.45) is 0 Å². The summed E-state index contributed by atoms with van der Waals surface area (Å²) in [4.78, 5) is 25.9. The summed E-state index contributed by atoms with van der Waals surface area (Å²) in [6.07, 6.45) is 3.41. The highest BCUT2D eigenvalue weighted by Crippen LogP contribution is 2.26. The van der Waals surface area contributed by atoms with Crippen molar-refractivity contribution in [3.05, 3.63) is 102 Å². The molecular formula is C26H21FN6O. The first-order valence-corrected chi connectivity index (χ1v) is 10.8. The van der Waals surface area contributed by atoms with E-state index in [0.717, 1.165) is 33.5 Å². The van der Waals surface area contributed by atoms with Crippen molar-refractivity contribution in [2.75, 3.05) is 0 Å². The van der Waals surface area contributed by atoms with Crippen LogP contribution in [0.1, 0.15) is 17.0 Å². The first kappa shape index (κ1) is 21.4.